The molecule has 0 saturated carbocycles. The van der Waals surface area contributed by atoms with Gasteiger partial charge in [0.25, 0.3) is 5.91 Å². The maximum absolute atomic E-state index is 14.0. The van der Waals surface area contributed by atoms with E-state index in [1.165, 1.54) is 24.3 Å². The van der Waals surface area contributed by atoms with Crippen LogP contribution in [0.15, 0.2) is 29.2 Å². The van der Waals surface area contributed by atoms with E-state index in [0.717, 1.165) is 6.26 Å². The monoisotopic (exact) mass is 416 g/mol. The number of amides is 1. The molecule has 150 valence electrons. The lowest BCUT2D eigenvalue weighted by atomic mass is 10.1. The van der Waals surface area contributed by atoms with E-state index in [1.807, 2.05) is 0 Å². The molecule has 3 aromatic rings. The summed E-state index contributed by atoms with van der Waals surface area (Å²) in [5, 5.41) is 11.4. The van der Waals surface area contributed by atoms with E-state index in [-0.39, 0.29) is 22.0 Å². The second-order valence-electron chi connectivity index (χ2n) is 6.82. The molecule has 1 amide bonds. The minimum atomic E-state index is -3.52. The van der Waals surface area contributed by atoms with E-state index in [9.17, 15) is 17.6 Å². The molecule has 8 nitrogen and oxygen atoms in total. The number of halogens is 1. The number of nitrogens with one attached hydrogen (secondary N) is 1. The van der Waals surface area contributed by atoms with Gasteiger partial charge in [0.2, 0.25) is 0 Å². The highest BCUT2D eigenvalue weighted by atomic mass is 32.2. The number of sulfone groups is 1. The Morgan fingerprint density at radius 2 is 2.03 bits per heavy atom. The minimum absolute atomic E-state index is 0.0710. The van der Waals surface area contributed by atoms with Crippen molar-refractivity contribution in [2.75, 3.05) is 18.2 Å². The Kier molecular flexibility index (Phi) is 4.38. The Morgan fingerprint density at radius 1 is 1.28 bits per heavy atom. The van der Waals surface area contributed by atoms with Crippen molar-refractivity contribution in [2.45, 2.75) is 18.2 Å². The predicted octanol–water partition coefficient (Wildman–Crippen LogP) is 2.26. The van der Waals surface area contributed by atoms with Crippen molar-refractivity contribution in [3.8, 4) is 5.75 Å². The SMILES string of the molecule is Cc1cc(S(C)(=O)=O)cc2c(Nc3ccc(F)c4c3CCO4)c(C(N)=O)nnc12. The fourth-order valence-corrected chi connectivity index (χ4v) is 4.09. The van der Waals surface area contributed by atoms with Gasteiger partial charge in [-0.2, -0.15) is 0 Å². The van der Waals surface area contributed by atoms with Crippen LogP contribution in [0.25, 0.3) is 10.9 Å². The topological polar surface area (TPSA) is 124 Å². The van der Waals surface area contributed by atoms with Crippen molar-refractivity contribution in [2.24, 2.45) is 5.73 Å². The molecule has 2 heterocycles. The summed E-state index contributed by atoms with van der Waals surface area (Å²) in [7, 11) is -3.52. The molecule has 29 heavy (non-hydrogen) atoms. The number of nitrogens with two attached hydrogens (primary N) is 1. The average molecular weight is 416 g/mol. The average Bonchev–Trinajstić information content (AvgIpc) is 3.14. The largest absolute Gasteiger partial charge is 0.490 e. The summed E-state index contributed by atoms with van der Waals surface area (Å²) in [5.41, 5.74) is 7.64. The number of benzene rings is 2. The van der Waals surface area contributed by atoms with Crippen molar-refractivity contribution in [1.29, 1.82) is 0 Å². The molecule has 1 aromatic heterocycles. The number of anilines is 2. The molecule has 0 aliphatic carbocycles. The molecule has 0 bridgehead atoms. The number of primary amides is 1. The Labute approximate surface area is 165 Å². The third-order valence-corrected chi connectivity index (χ3v) is 5.85. The second kappa shape index (κ2) is 6.66. The van der Waals surface area contributed by atoms with Gasteiger partial charge in [-0.1, -0.05) is 0 Å². The summed E-state index contributed by atoms with van der Waals surface area (Å²) in [5.74, 6) is -1.17. The first-order chi connectivity index (χ1) is 13.7. The Balaban J connectivity index is 2.00. The molecule has 0 radical (unpaired) electrons. The van der Waals surface area contributed by atoms with Gasteiger partial charge < -0.3 is 15.8 Å². The highest BCUT2D eigenvalue weighted by Gasteiger charge is 2.24. The zero-order valence-corrected chi connectivity index (χ0v) is 16.4. The Morgan fingerprint density at radius 3 is 2.72 bits per heavy atom. The van der Waals surface area contributed by atoms with Crippen LogP contribution in [0.3, 0.4) is 0 Å². The number of hydrogen-bond donors (Lipinski definition) is 2. The van der Waals surface area contributed by atoms with Crippen LogP contribution in [-0.4, -0.2) is 37.4 Å². The molecule has 0 spiro atoms. The number of fused-ring (bicyclic) bond motifs is 2. The molecule has 2 aromatic carbocycles. The summed E-state index contributed by atoms with van der Waals surface area (Å²) in [6.07, 6.45) is 1.57. The van der Waals surface area contributed by atoms with E-state index in [4.69, 9.17) is 10.5 Å². The van der Waals surface area contributed by atoms with Crippen molar-refractivity contribution >= 4 is 38.0 Å². The number of ether oxygens (including phenoxy) is 1. The number of rotatable bonds is 4. The second-order valence-corrected chi connectivity index (χ2v) is 8.84. The highest BCUT2D eigenvalue weighted by Crippen LogP contribution is 2.38. The van der Waals surface area contributed by atoms with E-state index in [1.54, 1.807) is 6.92 Å². The number of carbonyl (C=O) groups is 1. The lowest BCUT2D eigenvalue weighted by molar-refractivity contribution is 0.0995. The number of nitrogens with zero attached hydrogens (tertiary/aromatic N) is 2. The molecule has 4 rings (SSSR count). The van der Waals surface area contributed by atoms with Crippen LogP contribution in [0.5, 0.6) is 5.75 Å². The molecule has 0 unspecified atom stereocenters. The normalized spacial score (nSPS) is 13.2. The van der Waals surface area contributed by atoms with Gasteiger partial charge in [0.1, 0.15) is 0 Å². The Bertz CT molecular complexity index is 1290. The molecule has 10 heteroatoms. The molecule has 0 atom stereocenters. The van der Waals surface area contributed by atoms with E-state index in [2.05, 4.69) is 15.5 Å². The van der Waals surface area contributed by atoms with E-state index in [0.29, 0.717) is 40.7 Å². The molecular weight excluding hydrogens is 399 g/mol. The third kappa shape index (κ3) is 3.25. The molecule has 1 aliphatic heterocycles. The third-order valence-electron chi connectivity index (χ3n) is 4.76. The highest BCUT2D eigenvalue weighted by molar-refractivity contribution is 7.90. The number of carbonyl (C=O) groups excluding carboxylic acids is 1. The van der Waals surface area contributed by atoms with Gasteiger partial charge >= 0.3 is 0 Å². The molecule has 3 N–H and O–H groups in total. The lowest BCUT2D eigenvalue weighted by Gasteiger charge is -2.16. The van der Waals surface area contributed by atoms with Crippen LogP contribution in [-0.2, 0) is 16.3 Å². The summed E-state index contributed by atoms with van der Waals surface area (Å²) in [6, 6.07) is 5.68. The van der Waals surface area contributed by atoms with E-state index < -0.39 is 21.6 Å². The van der Waals surface area contributed by atoms with Gasteiger partial charge in [-0.3, -0.25) is 4.79 Å². The minimum Gasteiger partial charge on any atom is -0.490 e. The van der Waals surface area contributed by atoms with Gasteiger partial charge in [0.05, 0.1) is 22.7 Å². The first-order valence-corrected chi connectivity index (χ1v) is 10.6. The van der Waals surface area contributed by atoms with Crippen LogP contribution < -0.4 is 15.8 Å². The van der Waals surface area contributed by atoms with Gasteiger partial charge in [-0.15, -0.1) is 10.2 Å². The lowest BCUT2D eigenvalue weighted by Crippen LogP contribution is -2.17. The van der Waals surface area contributed by atoms with Crippen LogP contribution in [0.2, 0.25) is 0 Å². The summed E-state index contributed by atoms with van der Waals surface area (Å²) in [4.78, 5) is 12.1. The van der Waals surface area contributed by atoms with Crippen molar-refractivity contribution < 1.29 is 22.3 Å². The number of hydrogen-bond acceptors (Lipinski definition) is 7. The number of aryl methyl sites for hydroxylation is 1. The molecule has 1 aliphatic rings. The van der Waals surface area contributed by atoms with Gasteiger partial charge in [-0.25, -0.2) is 12.8 Å². The van der Waals surface area contributed by atoms with Crippen molar-refractivity contribution in [3.63, 3.8) is 0 Å². The molecule has 0 fully saturated rings. The summed E-state index contributed by atoms with van der Waals surface area (Å²) in [6.45, 7) is 2.03. The number of aromatic nitrogens is 2. The Hall–Kier alpha value is -3.27. The fraction of sp³-hybridized carbons (Fsp3) is 0.211. The van der Waals surface area contributed by atoms with Crippen LogP contribution in [0.1, 0.15) is 21.6 Å². The summed E-state index contributed by atoms with van der Waals surface area (Å²) < 4.78 is 43.5. The zero-order chi connectivity index (χ0) is 20.9. The van der Waals surface area contributed by atoms with Gasteiger partial charge in [-0.05, 0) is 36.8 Å². The molecular formula is C19H17FN4O4S. The smallest absolute Gasteiger partial charge is 0.271 e. The predicted molar refractivity (Wildman–Crippen MR) is 105 cm³/mol. The van der Waals surface area contributed by atoms with Gasteiger partial charge in [0, 0.05) is 29.3 Å². The molecule has 0 saturated heterocycles. The maximum Gasteiger partial charge on any atom is 0.271 e. The van der Waals surface area contributed by atoms with Crippen LogP contribution >= 0.6 is 0 Å². The zero-order valence-electron chi connectivity index (χ0n) is 15.6. The van der Waals surface area contributed by atoms with Crippen molar-refractivity contribution in [3.05, 3.63) is 46.9 Å². The fourth-order valence-electron chi connectivity index (χ4n) is 3.37. The first-order valence-electron chi connectivity index (χ1n) is 8.69. The van der Waals surface area contributed by atoms with Crippen LogP contribution in [0, 0.1) is 12.7 Å². The standard InChI is InChI=1S/C19H17FN4O4S/c1-9-7-10(29(2,26)27)8-12-15(9)23-24-17(19(21)25)16(12)22-14-4-3-13(20)18-11(14)5-6-28-18/h3-4,7-8H,5-6H2,1-2H3,(H2,21,25)(H,22,23). The first kappa shape index (κ1) is 19.1. The maximum atomic E-state index is 14.0. The quantitative estimate of drug-likeness (QED) is 0.668. The van der Waals surface area contributed by atoms with Gasteiger partial charge in [0.15, 0.2) is 27.1 Å². The van der Waals surface area contributed by atoms with E-state index >= 15 is 0 Å². The summed E-state index contributed by atoms with van der Waals surface area (Å²) >= 11 is 0. The van der Waals surface area contributed by atoms with Crippen LogP contribution in [0.4, 0.5) is 15.8 Å². The van der Waals surface area contributed by atoms with Crippen molar-refractivity contribution in [1.82, 2.24) is 10.2 Å².